The van der Waals surface area contributed by atoms with Crippen molar-refractivity contribution in [1.29, 1.82) is 0 Å². The molecule has 2 amide bonds. The van der Waals surface area contributed by atoms with E-state index in [-0.39, 0.29) is 35.2 Å². The molecular weight excluding hydrogens is 332 g/mol. The summed E-state index contributed by atoms with van der Waals surface area (Å²) in [6.45, 7) is 3.81. The molecule has 0 unspecified atom stereocenters. The summed E-state index contributed by atoms with van der Waals surface area (Å²) in [7, 11) is 0. The van der Waals surface area contributed by atoms with Crippen LogP contribution in [0.4, 0.5) is 0 Å². The topological polar surface area (TPSA) is 49.4 Å². The van der Waals surface area contributed by atoms with Crippen molar-refractivity contribution in [2.75, 3.05) is 5.75 Å². The molecule has 136 valence electrons. The van der Waals surface area contributed by atoms with Crippen LogP contribution in [0.2, 0.25) is 0 Å². The Balaban J connectivity index is 1.77. The van der Waals surface area contributed by atoms with Gasteiger partial charge in [-0.1, -0.05) is 63.4 Å². The van der Waals surface area contributed by atoms with E-state index in [4.69, 9.17) is 0 Å². The van der Waals surface area contributed by atoms with E-state index in [9.17, 15) is 9.59 Å². The monoisotopic (exact) mass is 360 g/mol. The highest BCUT2D eigenvalue weighted by Gasteiger charge is 2.43. The van der Waals surface area contributed by atoms with Crippen molar-refractivity contribution in [3.63, 3.8) is 0 Å². The molecule has 4 nitrogen and oxygen atoms in total. The Labute approximate surface area is 154 Å². The molecule has 2 fully saturated rings. The first-order chi connectivity index (χ1) is 12.1. The summed E-state index contributed by atoms with van der Waals surface area (Å²) in [6, 6.07) is 9.95. The summed E-state index contributed by atoms with van der Waals surface area (Å²) >= 11 is 1.69. The van der Waals surface area contributed by atoms with Crippen molar-refractivity contribution >= 4 is 23.6 Å². The van der Waals surface area contributed by atoms with E-state index in [0.717, 1.165) is 18.4 Å². The molecule has 0 spiro atoms. The van der Waals surface area contributed by atoms with Gasteiger partial charge in [-0.05, 0) is 18.4 Å². The van der Waals surface area contributed by atoms with E-state index in [2.05, 4.69) is 5.32 Å². The lowest BCUT2D eigenvalue weighted by Crippen LogP contribution is -2.51. The predicted octanol–water partition coefficient (Wildman–Crippen LogP) is 3.73. The molecule has 1 heterocycles. The first-order valence-electron chi connectivity index (χ1n) is 9.37. The van der Waals surface area contributed by atoms with Crippen LogP contribution in [0.15, 0.2) is 30.3 Å². The van der Waals surface area contributed by atoms with Gasteiger partial charge in [-0.25, -0.2) is 0 Å². The van der Waals surface area contributed by atoms with Crippen LogP contribution in [0.25, 0.3) is 0 Å². The molecule has 1 aliphatic carbocycles. The average Bonchev–Trinajstić information content (AvgIpc) is 3.07. The maximum Gasteiger partial charge on any atom is 0.243 e. The van der Waals surface area contributed by atoms with Crippen molar-refractivity contribution in [3.8, 4) is 0 Å². The maximum atomic E-state index is 12.9. The van der Waals surface area contributed by atoms with Crippen LogP contribution in [0, 0.1) is 5.92 Å². The molecule has 1 aromatic carbocycles. The Morgan fingerprint density at radius 1 is 1.12 bits per heavy atom. The third-order valence-corrected chi connectivity index (χ3v) is 6.41. The summed E-state index contributed by atoms with van der Waals surface area (Å²) in [4.78, 5) is 27.6. The van der Waals surface area contributed by atoms with Gasteiger partial charge in [0.15, 0.2) is 0 Å². The third kappa shape index (κ3) is 4.20. The predicted molar refractivity (Wildman–Crippen MR) is 102 cm³/mol. The molecule has 3 rings (SSSR count). The highest BCUT2D eigenvalue weighted by Crippen LogP contribution is 2.42. The Kier molecular flexibility index (Phi) is 6.05. The minimum atomic E-state index is -0.368. The zero-order valence-electron chi connectivity index (χ0n) is 15.1. The van der Waals surface area contributed by atoms with Crippen LogP contribution in [-0.4, -0.2) is 34.6 Å². The Morgan fingerprint density at radius 3 is 2.44 bits per heavy atom. The van der Waals surface area contributed by atoms with E-state index in [0.29, 0.717) is 5.75 Å². The van der Waals surface area contributed by atoms with Gasteiger partial charge in [0, 0.05) is 17.7 Å². The van der Waals surface area contributed by atoms with E-state index >= 15 is 0 Å². The molecule has 0 radical (unpaired) electrons. The second kappa shape index (κ2) is 8.26. The standard InChI is InChI=1S/C20H28N2O2S/c1-14(2)19(24)22-17(18(23)21-16-11-7-4-8-12-16)13-25-20(22)15-9-5-3-6-10-15/h3,5-6,9-10,14,16-17,20H,4,7-8,11-13H2,1-2H3,(H,21,23)/t17-,20-/m0/s1. The molecule has 0 bridgehead atoms. The van der Waals surface area contributed by atoms with Crippen LogP contribution in [0.3, 0.4) is 0 Å². The van der Waals surface area contributed by atoms with Gasteiger partial charge in [-0.15, -0.1) is 11.8 Å². The Bertz CT molecular complexity index is 599. The van der Waals surface area contributed by atoms with Gasteiger partial charge in [0.1, 0.15) is 11.4 Å². The summed E-state index contributed by atoms with van der Waals surface area (Å²) < 4.78 is 0. The molecule has 2 aliphatic rings. The molecule has 0 aromatic heterocycles. The fraction of sp³-hybridized carbons (Fsp3) is 0.600. The van der Waals surface area contributed by atoms with Crippen LogP contribution in [0.5, 0.6) is 0 Å². The van der Waals surface area contributed by atoms with Gasteiger partial charge in [0.2, 0.25) is 11.8 Å². The number of nitrogens with one attached hydrogen (secondary N) is 1. The lowest BCUT2D eigenvalue weighted by Gasteiger charge is -2.32. The van der Waals surface area contributed by atoms with Crippen molar-refractivity contribution < 1.29 is 9.59 Å². The zero-order valence-corrected chi connectivity index (χ0v) is 15.9. The van der Waals surface area contributed by atoms with Gasteiger partial charge in [-0.3, -0.25) is 9.59 Å². The van der Waals surface area contributed by atoms with E-state index in [1.165, 1.54) is 19.3 Å². The first kappa shape index (κ1) is 18.3. The number of rotatable bonds is 4. The number of amides is 2. The van der Waals surface area contributed by atoms with Crippen LogP contribution in [-0.2, 0) is 9.59 Å². The second-order valence-corrected chi connectivity index (χ2v) is 8.47. The zero-order chi connectivity index (χ0) is 17.8. The molecule has 1 aliphatic heterocycles. The highest BCUT2D eigenvalue weighted by molar-refractivity contribution is 7.99. The highest BCUT2D eigenvalue weighted by atomic mass is 32.2. The van der Waals surface area contributed by atoms with Gasteiger partial charge in [0.05, 0.1) is 0 Å². The number of thioether (sulfide) groups is 1. The van der Waals surface area contributed by atoms with Gasteiger partial charge >= 0.3 is 0 Å². The number of benzene rings is 1. The fourth-order valence-electron chi connectivity index (χ4n) is 3.69. The molecule has 1 saturated heterocycles. The largest absolute Gasteiger partial charge is 0.352 e. The molecule has 1 N–H and O–H groups in total. The summed E-state index contributed by atoms with van der Waals surface area (Å²) in [6.07, 6.45) is 5.76. The lowest BCUT2D eigenvalue weighted by molar-refractivity contribution is -0.142. The lowest BCUT2D eigenvalue weighted by atomic mass is 9.95. The van der Waals surface area contributed by atoms with Crippen molar-refractivity contribution in [2.24, 2.45) is 5.92 Å². The molecule has 25 heavy (non-hydrogen) atoms. The van der Waals surface area contributed by atoms with E-state index in [1.54, 1.807) is 11.8 Å². The normalized spacial score (nSPS) is 24.5. The molecule has 1 aromatic rings. The molecule has 1 saturated carbocycles. The number of nitrogens with zero attached hydrogens (tertiary/aromatic N) is 1. The molecule has 5 heteroatoms. The van der Waals surface area contributed by atoms with Gasteiger partial charge in [-0.2, -0.15) is 0 Å². The number of hydrogen-bond acceptors (Lipinski definition) is 3. The average molecular weight is 361 g/mol. The minimum Gasteiger partial charge on any atom is -0.352 e. The smallest absolute Gasteiger partial charge is 0.243 e. The van der Waals surface area contributed by atoms with Crippen LogP contribution in [0.1, 0.15) is 56.9 Å². The van der Waals surface area contributed by atoms with Gasteiger partial charge < -0.3 is 10.2 Å². The second-order valence-electron chi connectivity index (χ2n) is 7.36. The van der Waals surface area contributed by atoms with Crippen molar-refractivity contribution in [1.82, 2.24) is 10.2 Å². The van der Waals surface area contributed by atoms with Gasteiger partial charge in [0.25, 0.3) is 0 Å². The molecular formula is C20H28N2O2S. The quantitative estimate of drug-likeness (QED) is 0.890. The Hall–Kier alpha value is -1.49. The fourth-order valence-corrected chi connectivity index (χ4v) is 5.13. The number of carbonyl (C=O) groups is 2. The SMILES string of the molecule is CC(C)C(=O)N1[C@H](C(=O)NC2CCCCC2)CS[C@H]1c1ccccc1. The van der Waals surface area contributed by atoms with Crippen molar-refractivity contribution in [2.45, 2.75) is 63.4 Å². The van der Waals surface area contributed by atoms with E-state index in [1.807, 2.05) is 49.1 Å². The van der Waals surface area contributed by atoms with Crippen molar-refractivity contribution in [3.05, 3.63) is 35.9 Å². The minimum absolute atomic E-state index is 0.0202. The third-order valence-electron chi connectivity index (χ3n) is 5.09. The first-order valence-corrected chi connectivity index (χ1v) is 10.4. The number of carbonyl (C=O) groups excluding carboxylic acids is 2. The van der Waals surface area contributed by atoms with Crippen LogP contribution < -0.4 is 5.32 Å². The summed E-state index contributed by atoms with van der Waals surface area (Å²) in [5, 5.41) is 3.14. The molecule has 2 atom stereocenters. The van der Waals surface area contributed by atoms with Crippen LogP contribution >= 0.6 is 11.8 Å². The summed E-state index contributed by atoms with van der Waals surface area (Å²) in [5.41, 5.74) is 1.09. The maximum absolute atomic E-state index is 12.9. The van der Waals surface area contributed by atoms with E-state index < -0.39 is 0 Å². The Morgan fingerprint density at radius 2 is 1.80 bits per heavy atom. The number of hydrogen-bond donors (Lipinski definition) is 1. The summed E-state index contributed by atoms with van der Waals surface area (Å²) in [5.74, 6) is 0.626.